The van der Waals surface area contributed by atoms with Gasteiger partial charge in [0.15, 0.2) is 0 Å². The molecule has 0 saturated carbocycles. The lowest BCUT2D eigenvalue weighted by atomic mass is 10.4. The summed E-state index contributed by atoms with van der Waals surface area (Å²) in [5.41, 5.74) is 2.03. The van der Waals surface area contributed by atoms with Crippen LogP contribution in [0.4, 0.5) is 4.39 Å². The third-order valence-corrected chi connectivity index (χ3v) is 3.99. The second-order valence-corrected chi connectivity index (χ2v) is 5.44. The molecule has 0 aliphatic carbocycles. The summed E-state index contributed by atoms with van der Waals surface area (Å²) in [5.74, 6) is -0.222. The van der Waals surface area contributed by atoms with E-state index in [0.29, 0.717) is 0 Å². The first-order valence-electron chi connectivity index (χ1n) is 6.32. The van der Waals surface area contributed by atoms with Crippen LogP contribution in [0.15, 0.2) is 58.6 Å². The highest BCUT2D eigenvalue weighted by molar-refractivity contribution is 7.99. The van der Waals surface area contributed by atoms with Crippen molar-refractivity contribution in [1.29, 1.82) is 0 Å². The van der Waals surface area contributed by atoms with Gasteiger partial charge in [-0.1, -0.05) is 17.8 Å². The largest absolute Gasteiger partial charge is 0.314 e. The van der Waals surface area contributed by atoms with E-state index in [4.69, 9.17) is 0 Å². The fourth-order valence-electron chi connectivity index (χ4n) is 2.05. The topological polar surface area (TPSA) is 29.3 Å². The minimum atomic E-state index is -0.222. The van der Waals surface area contributed by atoms with E-state index in [-0.39, 0.29) is 5.82 Å². The van der Waals surface area contributed by atoms with Gasteiger partial charge in [-0.05, 0) is 43.4 Å². The number of hydrogen-bond donors (Lipinski definition) is 1. The summed E-state index contributed by atoms with van der Waals surface area (Å²) in [5, 5.41) is 4.11. The number of imidazole rings is 1. The van der Waals surface area contributed by atoms with Crippen molar-refractivity contribution in [3.8, 4) is 0 Å². The van der Waals surface area contributed by atoms with Gasteiger partial charge in [-0.3, -0.25) is 0 Å². The lowest BCUT2D eigenvalue weighted by Gasteiger charge is -2.04. The Balaban J connectivity index is 2.01. The Morgan fingerprint density at radius 3 is 2.75 bits per heavy atom. The zero-order valence-corrected chi connectivity index (χ0v) is 11.8. The molecule has 1 N–H and O–H groups in total. The first kappa shape index (κ1) is 13.1. The number of aromatic nitrogens is 2. The number of fused-ring (bicyclic) bond motifs is 1. The van der Waals surface area contributed by atoms with Crippen molar-refractivity contribution in [3.05, 3.63) is 60.2 Å². The predicted molar refractivity (Wildman–Crippen MR) is 78.5 cm³/mol. The molecule has 3 nitrogen and oxygen atoms in total. The average molecular weight is 287 g/mol. The summed E-state index contributed by atoms with van der Waals surface area (Å²) in [6.07, 6.45) is 2.00. The van der Waals surface area contributed by atoms with Gasteiger partial charge in [0.05, 0.1) is 5.69 Å². The normalized spacial score (nSPS) is 11.1. The lowest BCUT2D eigenvalue weighted by Crippen LogP contribution is -2.08. The molecular formula is C15H14FN3S. The van der Waals surface area contributed by atoms with Gasteiger partial charge in [-0.2, -0.15) is 0 Å². The molecule has 3 rings (SSSR count). The summed E-state index contributed by atoms with van der Waals surface area (Å²) in [6.45, 7) is 0.731. The molecule has 2 heterocycles. The van der Waals surface area contributed by atoms with Gasteiger partial charge < -0.3 is 9.72 Å². The fourth-order valence-corrected chi connectivity index (χ4v) is 2.97. The zero-order valence-electron chi connectivity index (χ0n) is 11.0. The molecular weight excluding hydrogens is 273 g/mol. The van der Waals surface area contributed by atoms with E-state index in [1.807, 2.05) is 31.4 Å². The first-order valence-corrected chi connectivity index (χ1v) is 7.13. The van der Waals surface area contributed by atoms with Crippen LogP contribution in [-0.2, 0) is 6.54 Å². The molecule has 0 atom stereocenters. The van der Waals surface area contributed by atoms with Crippen LogP contribution in [0.2, 0.25) is 0 Å². The Morgan fingerprint density at radius 1 is 1.20 bits per heavy atom. The van der Waals surface area contributed by atoms with Gasteiger partial charge in [0, 0.05) is 17.6 Å². The number of benzene rings is 1. The number of halogens is 1. The number of hydrogen-bond acceptors (Lipinski definition) is 3. The van der Waals surface area contributed by atoms with E-state index in [1.54, 1.807) is 23.9 Å². The van der Waals surface area contributed by atoms with E-state index < -0.39 is 0 Å². The molecule has 0 aliphatic rings. The van der Waals surface area contributed by atoms with Gasteiger partial charge in [-0.25, -0.2) is 9.37 Å². The average Bonchev–Trinajstić information content (AvgIpc) is 2.80. The van der Waals surface area contributed by atoms with Crippen LogP contribution in [0.5, 0.6) is 0 Å². The molecule has 2 aromatic heterocycles. The van der Waals surface area contributed by atoms with E-state index in [9.17, 15) is 4.39 Å². The molecule has 102 valence electrons. The number of pyridine rings is 1. The smallest absolute Gasteiger partial charge is 0.138 e. The summed E-state index contributed by atoms with van der Waals surface area (Å²) in [7, 11) is 1.91. The second-order valence-electron chi connectivity index (χ2n) is 4.38. The highest BCUT2D eigenvalue weighted by Crippen LogP contribution is 2.30. The van der Waals surface area contributed by atoms with Crippen LogP contribution in [0.3, 0.4) is 0 Å². The van der Waals surface area contributed by atoms with E-state index in [0.717, 1.165) is 27.8 Å². The Morgan fingerprint density at radius 2 is 2.00 bits per heavy atom. The summed E-state index contributed by atoms with van der Waals surface area (Å²) >= 11 is 1.55. The maximum atomic E-state index is 13.0. The maximum Gasteiger partial charge on any atom is 0.138 e. The highest BCUT2D eigenvalue weighted by Gasteiger charge is 2.12. The van der Waals surface area contributed by atoms with Crippen molar-refractivity contribution in [3.63, 3.8) is 0 Å². The Kier molecular flexibility index (Phi) is 3.71. The van der Waals surface area contributed by atoms with Crippen LogP contribution in [-0.4, -0.2) is 16.4 Å². The van der Waals surface area contributed by atoms with Gasteiger partial charge in [0.2, 0.25) is 0 Å². The van der Waals surface area contributed by atoms with Gasteiger partial charge in [0.25, 0.3) is 0 Å². The third kappa shape index (κ3) is 2.55. The van der Waals surface area contributed by atoms with Crippen molar-refractivity contribution < 1.29 is 4.39 Å². The van der Waals surface area contributed by atoms with Crippen molar-refractivity contribution in [2.75, 3.05) is 7.05 Å². The van der Waals surface area contributed by atoms with Crippen molar-refractivity contribution in [1.82, 2.24) is 14.7 Å². The predicted octanol–water partition coefficient (Wildman–Crippen LogP) is 3.34. The van der Waals surface area contributed by atoms with Gasteiger partial charge >= 0.3 is 0 Å². The summed E-state index contributed by atoms with van der Waals surface area (Å²) in [4.78, 5) is 5.62. The molecule has 0 amide bonds. The molecule has 0 aliphatic heterocycles. The number of nitrogens with zero attached hydrogens (tertiary/aromatic N) is 2. The van der Waals surface area contributed by atoms with Gasteiger partial charge in [0.1, 0.15) is 16.5 Å². The minimum Gasteiger partial charge on any atom is -0.314 e. The number of rotatable bonds is 4. The molecule has 0 unspecified atom stereocenters. The highest BCUT2D eigenvalue weighted by atomic mass is 32.2. The Hall–Kier alpha value is -1.85. The van der Waals surface area contributed by atoms with Crippen molar-refractivity contribution in [2.24, 2.45) is 0 Å². The quantitative estimate of drug-likeness (QED) is 0.798. The monoisotopic (exact) mass is 287 g/mol. The summed E-state index contributed by atoms with van der Waals surface area (Å²) < 4.78 is 15.0. The molecule has 0 fully saturated rings. The molecule has 0 radical (unpaired) electrons. The van der Waals surface area contributed by atoms with Crippen LogP contribution in [0.1, 0.15) is 5.69 Å². The molecule has 1 aromatic carbocycles. The van der Waals surface area contributed by atoms with E-state index >= 15 is 0 Å². The fraction of sp³-hybridized carbons (Fsp3) is 0.133. The van der Waals surface area contributed by atoms with Crippen molar-refractivity contribution in [2.45, 2.75) is 16.5 Å². The molecule has 20 heavy (non-hydrogen) atoms. The lowest BCUT2D eigenvalue weighted by molar-refractivity contribution is 0.626. The van der Waals surface area contributed by atoms with E-state index in [2.05, 4.69) is 14.7 Å². The molecule has 0 bridgehead atoms. The molecule has 5 heteroatoms. The first-order chi connectivity index (χ1) is 9.78. The second kappa shape index (κ2) is 5.64. The van der Waals surface area contributed by atoms with Gasteiger partial charge in [-0.15, -0.1) is 0 Å². The van der Waals surface area contributed by atoms with Crippen molar-refractivity contribution >= 4 is 17.4 Å². The summed E-state index contributed by atoms with van der Waals surface area (Å²) in [6, 6.07) is 12.4. The maximum absolute atomic E-state index is 13.0. The molecule has 0 spiro atoms. The Labute approximate surface area is 120 Å². The standard InChI is InChI=1S/C15H14FN3S/c1-17-10-13-15(18-14-4-2-3-9-19(13)14)20-12-7-5-11(16)6-8-12/h2-9,17H,10H2,1H3. The molecule has 3 aromatic rings. The van der Waals surface area contributed by atoms with E-state index in [1.165, 1.54) is 12.1 Å². The van der Waals surface area contributed by atoms with Crippen LogP contribution >= 0.6 is 11.8 Å². The van der Waals surface area contributed by atoms with Crippen LogP contribution in [0, 0.1) is 5.82 Å². The SMILES string of the molecule is CNCc1c(Sc2ccc(F)cc2)nc2ccccn12. The van der Waals surface area contributed by atoms with Crippen LogP contribution < -0.4 is 5.32 Å². The number of nitrogens with one attached hydrogen (secondary N) is 1. The van der Waals surface area contributed by atoms with Crippen LogP contribution in [0.25, 0.3) is 5.65 Å². The third-order valence-electron chi connectivity index (χ3n) is 2.96. The molecule has 0 saturated heterocycles. The minimum absolute atomic E-state index is 0.222. The Bertz CT molecular complexity index is 722. The zero-order chi connectivity index (χ0) is 13.9.